The Morgan fingerprint density at radius 2 is 1.71 bits per heavy atom. The maximum atomic E-state index is 12.6. The fourth-order valence-electron chi connectivity index (χ4n) is 2.63. The number of rotatable bonds is 3. The molecule has 0 bridgehead atoms. The Kier molecular flexibility index (Phi) is 4.77. The second kappa shape index (κ2) is 6.82. The van der Waals surface area contributed by atoms with Crippen molar-refractivity contribution in [2.75, 3.05) is 39.4 Å². The van der Waals surface area contributed by atoms with Gasteiger partial charge >= 0.3 is 0 Å². The van der Waals surface area contributed by atoms with Crippen LogP contribution in [0.15, 0.2) is 41.2 Å². The SMILES string of the molecule is Cc1ccc(S(=O)(=O)N2CCN(C(=O)C3=COCCO3)CC2)cc1. The van der Waals surface area contributed by atoms with Gasteiger partial charge in [-0.3, -0.25) is 4.79 Å². The summed E-state index contributed by atoms with van der Waals surface area (Å²) in [4.78, 5) is 14.2. The topological polar surface area (TPSA) is 76.2 Å². The van der Waals surface area contributed by atoms with E-state index < -0.39 is 10.0 Å². The molecule has 0 N–H and O–H groups in total. The average molecular weight is 352 g/mol. The lowest BCUT2D eigenvalue weighted by Crippen LogP contribution is -2.51. The number of aryl methyl sites for hydroxylation is 1. The summed E-state index contributed by atoms with van der Waals surface area (Å²) in [7, 11) is -3.53. The van der Waals surface area contributed by atoms with E-state index in [1.807, 2.05) is 6.92 Å². The predicted molar refractivity (Wildman–Crippen MR) is 86.5 cm³/mol. The molecule has 1 saturated heterocycles. The van der Waals surface area contributed by atoms with Crippen LogP contribution in [0, 0.1) is 6.92 Å². The van der Waals surface area contributed by atoms with E-state index in [0.29, 0.717) is 26.3 Å². The van der Waals surface area contributed by atoms with Crippen molar-refractivity contribution < 1.29 is 22.7 Å². The van der Waals surface area contributed by atoms with Crippen LogP contribution in [-0.2, 0) is 24.3 Å². The summed E-state index contributed by atoms with van der Waals surface area (Å²) in [5.74, 6) is -0.0850. The minimum atomic E-state index is -3.53. The number of sulfonamides is 1. The number of carbonyl (C=O) groups is 1. The third kappa shape index (κ3) is 3.39. The lowest BCUT2D eigenvalue weighted by Gasteiger charge is -2.34. The van der Waals surface area contributed by atoms with E-state index in [2.05, 4.69) is 0 Å². The normalized spacial score (nSPS) is 19.2. The van der Waals surface area contributed by atoms with E-state index in [-0.39, 0.29) is 29.7 Å². The van der Waals surface area contributed by atoms with Crippen molar-refractivity contribution in [1.29, 1.82) is 0 Å². The van der Waals surface area contributed by atoms with Gasteiger partial charge in [0, 0.05) is 26.2 Å². The highest BCUT2D eigenvalue weighted by atomic mass is 32.2. The van der Waals surface area contributed by atoms with Crippen molar-refractivity contribution in [3.8, 4) is 0 Å². The van der Waals surface area contributed by atoms with E-state index in [4.69, 9.17) is 9.47 Å². The van der Waals surface area contributed by atoms with Crippen molar-refractivity contribution in [2.45, 2.75) is 11.8 Å². The fourth-order valence-corrected chi connectivity index (χ4v) is 4.05. The van der Waals surface area contributed by atoms with Crippen LogP contribution < -0.4 is 0 Å². The van der Waals surface area contributed by atoms with E-state index in [1.165, 1.54) is 10.6 Å². The molecule has 8 heteroatoms. The number of ether oxygens (including phenoxy) is 2. The number of nitrogens with zero attached hydrogens (tertiary/aromatic N) is 2. The molecule has 3 rings (SSSR count). The van der Waals surface area contributed by atoms with Crippen molar-refractivity contribution in [3.63, 3.8) is 0 Å². The Morgan fingerprint density at radius 3 is 2.29 bits per heavy atom. The zero-order valence-electron chi connectivity index (χ0n) is 13.5. The molecule has 1 amide bonds. The van der Waals surface area contributed by atoms with Crippen LogP contribution in [0.2, 0.25) is 0 Å². The number of benzene rings is 1. The van der Waals surface area contributed by atoms with Gasteiger partial charge in [0.2, 0.25) is 15.8 Å². The second-order valence-electron chi connectivity index (χ2n) is 5.71. The van der Waals surface area contributed by atoms with Gasteiger partial charge in [-0.2, -0.15) is 4.31 Å². The number of carbonyl (C=O) groups excluding carboxylic acids is 1. The van der Waals surface area contributed by atoms with Crippen molar-refractivity contribution >= 4 is 15.9 Å². The first-order valence-electron chi connectivity index (χ1n) is 7.79. The summed E-state index contributed by atoms with van der Waals surface area (Å²) in [6.07, 6.45) is 1.32. The predicted octanol–water partition coefficient (Wildman–Crippen LogP) is 0.716. The summed E-state index contributed by atoms with van der Waals surface area (Å²) >= 11 is 0. The van der Waals surface area contributed by atoms with Crippen molar-refractivity contribution in [1.82, 2.24) is 9.21 Å². The van der Waals surface area contributed by atoms with Gasteiger partial charge in [0.05, 0.1) is 4.90 Å². The zero-order chi connectivity index (χ0) is 17.2. The first-order valence-corrected chi connectivity index (χ1v) is 9.23. The minimum absolute atomic E-state index is 0.177. The number of hydrogen-bond donors (Lipinski definition) is 0. The van der Waals surface area contributed by atoms with Crippen LogP contribution >= 0.6 is 0 Å². The molecule has 0 radical (unpaired) electrons. The molecule has 2 aliphatic heterocycles. The van der Waals surface area contributed by atoms with Gasteiger partial charge in [-0.05, 0) is 19.1 Å². The van der Waals surface area contributed by atoms with Gasteiger partial charge in [0.1, 0.15) is 19.5 Å². The van der Waals surface area contributed by atoms with E-state index in [0.717, 1.165) is 5.56 Å². The van der Waals surface area contributed by atoms with Gasteiger partial charge < -0.3 is 14.4 Å². The highest BCUT2D eigenvalue weighted by Crippen LogP contribution is 2.19. The fraction of sp³-hybridized carbons (Fsp3) is 0.438. The van der Waals surface area contributed by atoms with Gasteiger partial charge in [-0.1, -0.05) is 17.7 Å². The van der Waals surface area contributed by atoms with Crippen LogP contribution in [0.1, 0.15) is 5.56 Å². The summed E-state index contributed by atoms with van der Waals surface area (Å²) in [5.41, 5.74) is 1.01. The molecule has 0 atom stereocenters. The maximum absolute atomic E-state index is 12.6. The Labute approximate surface area is 141 Å². The molecule has 0 aromatic heterocycles. The van der Waals surface area contributed by atoms with Gasteiger partial charge in [-0.15, -0.1) is 0 Å². The van der Waals surface area contributed by atoms with Gasteiger partial charge in [0.15, 0.2) is 0 Å². The molecule has 0 spiro atoms. The number of hydrogen-bond acceptors (Lipinski definition) is 5. The Bertz CT molecular complexity index is 734. The van der Waals surface area contributed by atoms with Crippen molar-refractivity contribution in [2.24, 2.45) is 0 Å². The monoisotopic (exact) mass is 352 g/mol. The smallest absolute Gasteiger partial charge is 0.292 e. The molecule has 1 aromatic rings. The molecule has 0 unspecified atom stereocenters. The summed E-state index contributed by atoms with van der Waals surface area (Å²) in [6.45, 7) is 3.85. The van der Waals surface area contributed by atoms with Crippen LogP contribution in [0.5, 0.6) is 0 Å². The molecule has 0 saturated carbocycles. The van der Waals surface area contributed by atoms with E-state index in [1.54, 1.807) is 29.2 Å². The largest absolute Gasteiger partial charge is 0.494 e. The van der Waals surface area contributed by atoms with E-state index in [9.17, 15) is 13.2 Å². The third-order valence-corrected chi connectivity index (χ3v) is 5.96. The molecular formula is C16H20N2O5S. The Balaban J connectivity index is 1.65. The van der Waals surface area contributed by atoms with Crippen molar-refractivity contribution in [3.05, 3.63) is 41.9 Å². The molecule has 2 heterocycles. The Hall–Kier alpha value is -2.06. The van der Waals surface area contributed by atoms with Crippen LogP contribution in [0.3, 0.4) is 0 Å². The molecule has 24 heavy (non-hydrogen) atoms. The first-order chi connectivity index (χ1) is 11.5. The molecule has 130 valence electrons. The number of piperazine rings is 1. The maximum Gasteiger partial charge on any atom is 0.292 e. The first kappa shape index (κ1) is 16.8. The lowest BCUT2D eigenvalue weighted by atomic mass is 10.2. The molecule has 7 nitrogen and oxygen atoms in total. The summed E-state index contributed by atoms with van der Waals surface area (Å²) in [5, 5.41) is 0. The number of amides is 1. The highest BCUT2D eigenvalue weighted by molar-refractivity contribution is 7.89. The third-order valence-electron chi connectivity index (χ3n) is 4.04. The zero-order valence-corrected chi connectivity index (χ0v) is 14.3. The van der Waals surface area contributed by atoms with Crippen LogP contribution in [0.25, 0.3) is 0 Å². The highest BCUT2D eigenvalue weighted by Gasteiger charge is 2.31. The minimum Gasteiger partial charge on any atom is -0.494 e. The standard InChI is InChI=1S/C16H20N2O5S/c1-13-2-4-14(5-3-13)24(20,21)18-8-6-17(7-9-18)16(19)15-12-22-10-11-23-15/h2-5,12H,6-11H2,1H3. The van der Waals surface area contributed by atoms with Gasteiger partial charge in [-0.25, -0.2) is 8.42 Å². The Morgan fingerprint density at radius 1 is 1.04 bits per heavy atom. The molecular weight excluding hydrogens is 332 g/mol. The van der Waals surface area contributed by atoms with E-state index >= 15 is 0 Å². The van der Waals surface area contributed by atoms with Crippen LogP contribution in [-0.4, -0.2) is 62.9 Å². The molecule has 0 aliphatic carbocycles. The summed E-state index contributed by atoms with van der Waals surface area (Å²) in [6, 6.07) is 6.78. The van der Waals surface area contributed by atoms with Gasteiger partial charge in [0.25, 0.3) is 5.91 Å². The quantitative estimate of drug-likeness (QED) is 0.801. The summed E-state index contributed by atoms with van der Waals surface area (Å²) < 4.78 is 37.1. The molecule has 2 aliphatic rings. The van der Waals surface area contributed by atoms with Crippen LogP contribution in [0.4, 0.5) is 0 Å². The lowest BCUT2D eigenvalue weighted by molar-refractivity contribution is -0.133. The average Bonchev–Trinajstić information content (AvgIpc) is 2.62. The second-order valence-corrected chi connectivity index (χ2v) is 7.65. The molecule has 1 aromatic carbocycles. The molecule has 1 fully saturated rings.